The molecule has 130 valence electrons. The third kappa shape index (κ3) is 3.19. The van der Waals surface area contributed by atoms with Crippen LogP contribution in [0.15, 0.2) is 18.6 Å². The van der Waals surface area contributed by atoms with Crippen molar-refractivity contribution < 1.29 is 8.42 Å². The second kappa shape index (κ2) is 6.58. The molecule has 0 radical (unpaired) electrons. The van der Waals surface area contributed by atoms with E-state index < -0.39 is 10.2 Å². The molecule has 0 aromatic carbocycles. The van der Waals surface area contributed by atoms with Crippen molar-refractivity contribution in [3.63, 3.8) is 0 Å². The van der Waals surface area contributed by atoms with Gasteiger partial charge in [-0.05, 0) is 19.8 Å². The molecule has 1 aliphatic heterocycles. The average molecular weight is 350 g/mol. The van der Waals surface area contributed by atoms with Crippen LogP contribution in [0.1, 0.15) is 30.1 Å². The Morgan fingerprint density at radius 1 is 1.17 bits per heavy atom. The van der Waals surface area contributed by atoms with Crippen molar-refractivity contribution in [2.24, 2.45) is 0 Å². The number of hydrogen-bond donors (Lipinski definition) is 1. The summed E-state index contributed by atoms with van der Waals surface area (Å²) >= 11 is 0. The van der Waals surface area contributed by atoms with Crippen LogP contribution in [0.25, 0.3) is 11.5 Å². The first-order valence-corrected chi connectivity index (χ1v) is 9.29. The van der Waals surface area contributed by atoms with Crippen molar-refractivity contribution in [1.82, 2.24) is 28.5 Å². The summed E-state index contributed by atoms with van der Waals surface area (Å²) in [6, 6.07) is 0. The molecule has 0 unspecified atom stereocenters. The van der Waals surface area contributed by atoms with E-state index in [2.05, 4.69) is 19.9 Å². The Bertz CT molecular complexity index is 809. The third-order valence-electron chi connectivity index (χ3n) is 4.28. The maximum Gasteiger partial charge on any atom is 0.281 e. The number of nitrogens with zero attached hydrogens (tertiary/aromatic N) is 5. The Kier molecular flexibility index (Phi) is 4.66. The maximum absolute atomic E-state index is 12.2. The van der Waals surface area contributed by atoms with Gasteiger partial charge in [0.15, 0.2) is 5.82 Å². The highest BCUT2D eigenvalue weighted by molar-refractivity contribution is 7.86. The smallest absolute Gasteiger partial charge is 0.281 e. The highest BCUT2D eigenvalue weighted by Crippen LogP contribution is 2.32. The molecular weight excluding hydrogens is 328 g/mol. The van der Waals surface area contributed by atoms with Crippen LogP contribution < -0.4 is 0 Å². The Labute approximate surface area is 142 Å². The lowest BCUT2D eigenvalue weighted by Crippen LogP contribution is -2.44. The summed E-state index contributed by atoms with van der Waals surface area (Å²) in [5.74, 6) is 0.881. The first-order chi connectivity index (χ1) is 11.4. The number of imidazole rings is 1. The predicted molar refractivity (Wildman–Crippen MR) is 90.5 cm³/mol. The van der Waals surface area contributed by atoms with Crippen molar-refractivity contribution in [2.75, 3.05) is 27.2 Å². The van der Waals surface area contributed by atoms with Crippen LogP contribution in [0.4, 0.5) is 0 Å². The minimum absolute atomic E-state index is 0.174. The van der Waals surface area contributed by atoms with Gasteiger partial charge in [-0.2, -0.15) is 17.0 Å². The van der Waals surface area contributed by atoms with Gasteiger partial charge in [0.05, 0.1) is 5.69 Å². The molecule has 0 atom stereocenters. The Balaban J connectivity index is 1.81. The van der Waals surface area contributed by atoms with E-state index in [9.17, 15) is 8.42 Å². The molecule has 3 rings (SSSR count). The summed E-state index contributed by atoms with van der Waals surface area (Å²) < 4.78 is 27.2. The minimum Gasteiger partial charge on any atom is -0.341 e. The molecule has 2 aromatic rings. The lowest BCUT2D eigenvalue weighted by atomic mass is 9.93. The van der Waals surface area contributed by atoms with E-state index in [1.165, 1.54) is 8.61 Å². The van der Waals surface area contributed by atoms with Crippen molar-refractivity contribution in [2.45, 2.75) is 25.7 Å². The summed E-state index contributed by atoms with van der Waals surface area (Å²) in [6.07, 6.45) is 6.54. The lowest BCUT2D eigenvalue weighted by Gasteiger charge is -2.32. The van der Waals surface area contributed by atoms with Crippen LogP contribution in [0.2, 0.25) is 0 Å². The molecule has 0 bridgehead atoms. The Morgan fingerprint density at radius 2 is 1.83 bits per heavy atom. The molecular formula is C15H22N6O2S. The zero-order valence-corrected chi connectivity index (χ0v) is 14.9. The molecule has 0 amide bonds. The summed E-state index contributed by atoms with van der Waals surface area (Å²) in [5.41, 5.74) is 2.60. The van der Waals surface area contributed by atoms with Gasteiger partial charge in [-0.1, -0.05) is 0 Å². The zero-order chi connectivity index (χ0) is 17.3. The van der Waals surface area contributed by atoms with E-state index in [4.69, 9.17) is 0 Å². The van der Waals surface area contributed by atoms with Gasteiger partial charge in [0.2, 0.25) is 0 Å². The highest BCUT2D eigenvalue weighted by atomic mass is 32.2. The average Bonchev–Trinajstić information content (AvgIpc) is 3.01. The molecule has 9 heteroatoms. The van der Waals surface area contributed by atoms with Gasteiger partial charge in [0, 0.05) is 57.4 Å². The number of nitrogens with one attached hydrogen (secondary N) is 1. The van der Waals surface area contributed by atoms with Crippen LogP contribution in [0.5, 0.6) is 0 Å². The molecule has 1 aliphatic rings. The molecule has 24 heavy (non-hydrogen) atoms. The van der Waals surface area contributed by atoms with E-state index >= 15 is 0 Å². The summed E-state index contributed by atoms with van der Waals surface area (Å²) in [6.45, 7) is 2.91. The van der Waals surface area contributed by atoms with Gasteiger partial charge in [-0.3, -0.25) is 4.98 Å². The van der Waals surface area contributed by atoms with Crippen molar-refractivity contribution in [3.8, 4) is 11.5 Å². The third-order valence-corrected chi connectivity index (χ3v) is 6.22. The first kappa shape index (κ1) is 17.0. The first-order valence-electron chi connectivity index (χ1n) is 7.90. The number of H-pyrrole nitrogens is 1. The molecule has 2 aromatic heterocycles. The van der Waals surface area contributed by atoms with Crippen LogP contribution in [-0.4, -0.2) is 64.1 Å². The zero-order valence-electron chi connectivity index (χ0n) is 14.1. The molecule has 8 nitrogen and oxygen atoms in total. The molecule has 0 aliphatic carbocycles. The summed E-state index contributed by atoms with van der Waals surface area (Å²) in [4.78, 5) is 16.5. The van der Waals surface area contributed by atoms with Crippen LogP contribution in [0, 0.1) is 6.92 Å². The van der Waals surface area contributed by atoms with Gasteiger partial charge in [0.1, 0.15) is 5.69 Å². The van der Waals surface area contributed by atoms with Crippen LogP contribution in [0.3, 0.4) is 0 Å². The van der Waals surface area contributed by atoms with Gasteiger partial charge in [0.25, 0.3) is 10.2 Å². The van der Waals surface area contributed by atoms with E-state index in [0.717, 1.165) is 29.9 Å². The number of aromatic nitrogens is 4. The maximum atomic E-state index is 12.2. The predicted octanol–water partition coefficient (Wildman–Crippen LogP) is 1.16. The standard InChI is InChI=1S/C15H22N6O2S/c1-11-10-18-15(19-11)14-13(16-6-7-17-14)12-4-8-21(9-5-12)24(22,23)20(2)3/h6-7,10,12H,4-5,8-9H2,1-3H3,(H,18,19). The Hall–Kier alpha value is -1.84. The number of rotatable bonds is 4. The summed E-state index contributed by atoms with van der Waals surface area (Å²) in [7, 11) is -0.238. The lowest BCUT2D eigenvalue weighted by molar-refractivity contribution is 0.300. The molecule has 1 fully saturated rings. The molecule has 3 heterocycles. The van der Waals surface area contributed by atoms with Crippen molar-refractivity contribution in [1.29, 1.82) is 0 Å². The van der Waals surface area contributed by atoms with E-state index in [-0.39, 0.29) is 5.92 Å². The van der Waals surface area contributed by atoms with Crippen LogP contribution in [-0.2, 0) is 10.2 Å². The number of hydrogen-bond acceptors (Lipinski definition) is 5. The largest absolute Gasteiger partial charge is 0.341 e. The van der Waals surface area contributed by atoms with E-state index in [1.807, 2.05) is 6.92 Å². The number of aromatic amines is 1. The topological polar surface area (TPSA) is 95.1 Å². The Morgan fingerprint density at radius 3 is 2.42 bits per heavy atom. The normalized spacial score (nSPS) is 17.5. The quantitative estimate of drug-likeness (QED) is 0.893. The van der Waals surface area contributed by atoms with Gasteiger partial charge in [-0.25, -0.2) is 9.97 Å². The van der Waals surface area contributed by atoms with Crippen LogP contribution >= 0.6 is 0 Å². The highest BCUT2D eigenvalue weighted by Gasteiger charge is 2.32. The molecule has 0 spiro atoms. The number of aryl methyl sites for hydroxylation is 1. The second-order valence-corrected chi connectivity index (χ2v) is 8.31. The fourth-order valence-electron chi connectivity index (χ4n) is 2.95. The van der Waals surface area contributed by atoms with E-state index in [0.29, 0.717) is 18.9 Å². The van der Waals surface area contributed by atoms with Gasteiger partial charge >= 0.3 is 0 Å². The van der Waals surface area contributed by atoms with E-state index in [1.54, 1.807) is 32.7 Å². The fraction of sp³-hybridized carbons (Fsp3) is 0.533. The SMILES string of the molecule is Cc1cnc(-c2nccnc2C2CCN(S(=O)(=O)N(C)C)CC2)[nH]1. The molecule has 1 N–H and O–H groups in total. The van der Waals surface area contributed by atoms with Gasteiger partial charge in [-0.15, -0.1) is 0 Å². The monoisotopic (exact) mass is 350 g/mol. The summed E-state index contributed by atoms with van der Waals surface area (Å²) in [5, 5.41) is 0. The fourth-order valence-corrected chi connectivity index (χ4v) is 4.09. The molecule has 1 saturated heterocycles. The molecule has 0 saturated carbocycles. The van der Waals surface area contributed by atoms with Crippen molar-refractivity contribution >= 4 is 10.2 Å². The minimum atomic E-state index is -3.35. The van der Waals surface area contributed by atoms with Gasteiger partial charge < -0.3 is 4.98 Å². The second-order valence-electron chi connectivity index (χ2n) is 6.17. The number of piperidine rings is 1. The van der Waals surface area contributed by atoms with Crippen molar-refractivity contribution in [3.05, 3.63) is 30.0 Å².